The van der Waals surface area contributed by atoms with Gasteiger partial charge in [0, 0.05) is 18.8 Å². The molecule has 0 aromatic heterocycles. The normalized spacial score (nSPS) is 14.9. The number of hydrogen-bond donors (Lipinski definition) is 1. The molecule has 1 aromatic rings. The van der Waals surface area contributed by atoms with Crippen molar-refractivity contribution in [1.29, 1.82) is 0 Å². The zero-order valence-electron chi connectivity index (χ0n) is 7.58. The zero-order chi connectivity index (χ0) is 9.26. The Morgan fingerprint density at radius 3 is 2.43 bits per heavy atom. The van der Waals surface area contributed by atoms with Crippen molar-refractivity contribution >= 4 is 11.7 Å². The molecule has 3 heteroatoms. The zero-order valence-corrected chi connectivity index (χ0v) is 7.58. The number of anilines is 1. The molecular formula is C11H16N2O. The van der Waals surface area contributed by atoms with Gasteiger partial charge in [-0.15, -0.1) is 0 Å². The molecule has 0 spiro atoms. The molecule has 1 heterocycles. The van der Waals surface area contributed by atoms with Crippen LogP contribution in [-0.4, -0.2) is 19.1 Å². The fraction of sp³-hybridized carbons (Fsp3) is 0.364. The molecule has 0 radical (unpaired) electrons. The molecule has 1 saturated heterocycles. The summed E-state index contributed by atoms with van der Waals surface area (Å²) in [6.45, 7) is 3.54. The number of nitrogens with zero attached hydrogens (tertiary/aromatic N) is 1. The van der Waals surface area contributed by atoms with Gasteiger partial charge in [0.25, 0.3) is 0 Å². The Bertz CT molecular complexity index is 319. The van der Waals surface area contributed by atoms with E-state index in [0.717, 1.165) is 18.8 Å². The monoisotopic (exact) mass is 192 g/mol. The standard InChI is InChI=1S/C10H12N2O.CH4/c1-8-2-4-9(5-3-8)12-7-6-11-10(12)13;/h2-5H,6-7H2,1H3,(H,11,13);1H4. The Morgan fingerprint density at radius 1 is 1.29 bits per heavy atom. The summed E-state index contributed by atoms with van der Waals surface area (Å²) in [7, 11) is 0. The molecule has 0 unspecified atom stereocenters. The number of rotatable bonds is 1. The fourth-order valence-corrected chi connectivity index (χ4v) is 1.44. The van der Waals surface area contributed by atoms with Crippen LogP contribution in [0.4, 0.5) is 10.5 Å². The van der Waals surface area contributed by atoms with Crippen molar-refractivity contribution in [3.8, 4) is 0 Å². The van der Waals surface area contributed by atoms with Crippen LogP contribution < -0.4 is 10.2 Å². The molecule has 1 aromatic carbocycles. The highest BCUT2D eigenvalue weighted by Gasteiger charge is 2.20. The van der Waals surface area contributed by atoms with Crippen molar-refractivity contribution in [3.05, 3.63) is 29.8 Å². The van der Waals surface area contributed by atoms with E-state index in [4.69, 9.17) is 0 Å². The summed E-state index contributed by atoms with van der Waals surface area (Å²) in [5.74, 6) is 0. The van der Waals surface area contributed by atoms with Crippen molar-refractivity contribution in [2.75, 3.05) is 18.0 Å². The number of hydrogen-bond acceptors (Lipinski definition) is 1. The molecule has 3 nitrogen and oxygen atoms in total. The minimum absolute atomic E-state index is 0. The van der Waals surface area contributed by atoms with Crippen molar-refractivity contribution < 1.29 is 4.79 Å². The first-order valence-electron chi connectivity index (χ1n) is 4.39. The molecule has 0 bridgehead atoms. The first-order valence-corrected chi connectivity index (χ1v) is 4.39. The van der Waals surface area contributed by atoms with Gasteiger partial charge in [-0.3, -0.25) is 4.90 Å². The summed E-state index contributed by atoms with van der Waals surface area (Å²) in [6, 6.07) is 7.98. The molecule has 0 atom stereocenters. The van der Waals surface area contributed by atoms with Gasteiger partial charge >= 0.3 is 6.03 Å². The van der Waals surface area contributed by atoms with Crippen molar-refractivity contribution in [2.24, 2.45) is 0 Å². The second kappa shape index (κ2) is 4.13. The van der Waals surface area contributed by atoms with Crippen LogP contribution in [0.15, 0.2) is 24.3 Å². The average Bonchev–Trinajstić information content (AvgIpc) is 2.53. The lowest BCUT2D eigenvalue weighted by molar-refractivity contribution is 0.252. The van der Waals surface area contributed by atoms with E-state index in [1.54, 1.807) is 4.90 Å². The van der Waals surface area contributed by atoms with Crippen LogP contribution in [-0.2, 0) is 0 Å². The SMILES string of the molecule is C.Cc1ccc(N2CCNC2=O)cc1. The van der Waals surface area contributed by atoms with Crippen molar-refractivity contribution in [3.63, 3.8) is 0 Å². The van der Waals surface area contributed by atoms with E-state index in [1.165, 1.54) is 5.56 Å². The molecule has 2 amide bonds. The van der Waals surface area contributed by atoms with Gasteiger partial charge in [-0.2, -0.15) is 0 Å². The Morgan fingerprint density at radius 2 is 1.93 bits per heavy atom. The second-order valence-electron chi connectivity index (χ2n) is 3.22. The van der Waals surface area contributed by atoms with Crippen LogP contribution in [0.3, 0.4) is 0 Å². The van der Waals surface area contributed by atoms with E-state index in [9.17, 15) is 4.79 Å². The van der Waals surface area contributed by atoms with Gasteiger partial charge in [0.15, 0.2) is 0 Å². The van der Waals surface area contributed by atoms with Gasteiger partial charge in [0.1, 0.15) is 0 Å². The molecule has 2 rings (SSSR count). The second-order valence-corrected chi connectivity index (χ2v) is 3.22. The molecule has 76 valence electrons. The number of carbonyl (C=O) groups is 1. The van der Waals surface area contributed by atoms with Gasteiger partial charge in [-0.05, 0) is 19.1 Å². The first kappa shape index (κ1) is 10.6. The predicted molar refractivity (Wildman–Crippen MR) is 58.7 cm³/mol. The molecule has 1 aliphatic heterocycles. The summed E-state index contributed by atoms with van der Waals surface area (Å²) in [6.07, 6.45) is 0. The number of carbonyl (C=O) groups excluding carboxylic acids is 1. The number of benzene rings is 1. The van der Waals surface area contributed by atoms with E-state index in [1.807, 2.05) is 31.2 Å². The van der Waals surface area contributed by atoms with Crippen molar-refractivity contribution in [1.82, 2.24) is 5.32 Å². The van der Waals surface area contributed by atoms with Crippen molar-refractivity contribution in [2.45, 2.75) is 14.4 Å². The summed E-state index contributed by atoms with van der Waals surface area (Å²) >= 11 is 0. The number of nitrogens with one attached hydrogen (secondary N) is 1. The Kier molecular flexibility index (Phi) is 3.12. The van der Waals surface area contributed by atoms with E-state index in [0.29, 0.717) is 0 Å². The smallest absolute Gasteiger partial charge is 0.321 e. The first-order chi connectivity index (χ1) is 6.27. The molecule has 0 aliphatic carbocycles. The van der Waals surface area contributed by atoms with Gasteiger partial charge in [0.05, 0.1) is 0 Å². The lowest BCUT2D eigenvalue weighted by Crippen LogP contribution is -2.27. The van der Waals surface area contributed by atoms with Crippen LogP contribution >= 0.6 is 0 Å². The summed E-state index contributed by atoms with van der Waals surface area (Å²) in [5, 5.41) is 2.77. The predicted octanol–water partition coefficient (Wildman–Crippen LogP) is 2.16. The molecular weight excluding hydrogens is 176 g/mol. The number of amides is 2. The number of aryl methyl sites for hydroxylation is 1. The summed E-state index contributed by atoms with van der Waals surface area (Å²) in [4.78, 5) is 13.0. The van der Waals surface area contributed by atoms with E-state index in [2.05, 4.69) is 5.32 Å². The van der Waals surface area contributed by atoms with Gasteiger partial charge in [-0.25, -0.2) is 4.79 Å². The maximum Gasteiger partial charge on any atom is 0.321 e. The Hall–Kier alpha value is -1.51. The minimum Gasteiger partial charge on any atom is -0.336 e. The largest absolute Gasteiger partial charge is 0.336 e. The van der Waals surface area contributed by atoms with Crippen LogP contribution in [0.1, 0.15) is 13.0 Å². The fourth-order valence-electron chi connectivity index (χ4n) is 1.44. The quantitative estimate of drug-likeness (QED) is 0.726. The molecule has 1 fully saturated rings. The Labute approximate surface area is 84.7 Å². The van der Waals surface area contributed by atoms with Crippen LogP contribution in [0.25, 0.3) is 0 Å². The van der Waals surface area contributed by atoms with Gasteiger partial charge in [-0.1, -0.05) is 25.1 Å². The third kappa shape index (κ3) is 1.87. The Balaban J connectivity index is 0.000000980. The molecule has 14 heavy (non-hydrogen) atoms. The van der Waals surface area contributed by atoms with E-state index >= 15 is 0 Å². The lowest BCUT2D eigenvalue weighted by Gasteiger charge is -2.13. The highest BCUT2D eigenvalue weighted by molar-refractivity contribution is 5.93. The van der Waals surface area contributed by atoms with Crippen LogP contribution in [0.5, 0.6) is 0 Å². The average molecular weight is 192 g/mol. The summed E-state index contributed by atoms with van der Waals surface area (Å²) < 4.78 is 0. The topological polar surface area (TPSA) is 32.3 Å². The van der Waals surface area contributed by atoms with Gasteiger partial charge in [0.2, 0.25) is 0 Å². The number of urea groups is 1. The third-order valence-electron chi connectivity index (χ3n) is 2.20. The lowest BCUT2D eigenvalue weighted by atomic mass is 10.2. The van der Waals surface area contributed by atoms with Crippen LogP contribution in [0.2, 0.25) is 0 Å². The van der Waals surface area contributed by atoms with Gasteiger partial charge < -0.3 is 5.32 Å². The maximum atomic E-state index is 11.3. The van der Waals surface area contributed by atoms with E-state index < -0.39 is 0 Å². The maximum absolute atomic E-state index is 11.3. The summed E-state index contributed by atoms with van der Waals surface area (Å²) in [5.41, 5.74) is 2.18. The van der Waals surface area contributed by atoms with E-state index in [-0.39, 0.29) is 13.5 Å². The molecule has 1 N–H and O–H groups in total. The minimum atomic E-state index is 0. The van der Waals surface area contributed by atoms with Crippen LogP contribution in [0, 0.1) is 6.92 Å². The third-order valence-corrected chi connectivity index (χ3v) is 2.20. The highest BCUT2D eigenvalue weighted by atomic mass is 16.2. The molecule has 0 saturated carbocycles. The molecule has 1 aliphatic rings. The highest BCUT2D eigenvalue weighted by Crippen LogP contribution is 2.16.